The van der Waals surface area contributed by atoms with Gasteiger partial charge in [-0.1, -0.05) is 58.8 Å². The van der Waals surface area contributed by atoms with E-state index < -0.39 is 0 Å². The van der Waals surface area contributed by atoms with Gasteiger partial charge in [0.1, 0.15) is 0 Å². The summed E-state index contributed by atoms with van der Waals surface area (Å²) in [6.45, 7) is 8.70. The van der Waals surface area contributed by atoms with Crippen LogP contribution in [0.15, 0.2) is 0 Å². The molecule has 1 fully saturated rings. The average molecular weight is 298 g/mol. The summed E-state index contributed by atoms with van der Waals surface area (Å²) in [6.07, 6.45) is 15.4. The molecule has 1 aliphatic rings. The van der Waals surface area contributed by atoms with Crippen molar-refractivity contribution >= 4 is 0 Å². The van der Waals surface area contributed by atoms with Gasteiger partial charge in [0.05, 0.1) is 6.10 Å². The molecule has 2 nitrogen and oxygen atoms in total. The molecule has 2 heteroatoms. The minimum absolute atomic E-state index is 0.448. The summed E-state index contributed by atoms with van der Waals surface area (Å²) >= 11 is 0. The van der Waals surface area contributed by atoms with Crippen LogP contribution in [0.1, 0.15) is 91.4 Å². The first-order valence-corrected chi connectivity index (χ1v) is 9.68. The molecule has 0 saturated heterocycles. The first-order chi connectivity index (χ1) is 10.3. The van der Waals surface area contributed by atoms with Crippen LogP contribution >= 0.6 is 0 Å². The number of hydrogen-bond donors (Lipinski definition) is 1. The average Bonchev–Trinajstić information content (AvgIpc) is 2.53. The molecule has 1 N–H and O–H groups in total. The summed E-state index contributed by atoms with van der Waals surface area (Å²) in [6, 6.07) is 0.574. The highest BCUT2D eigenvalue weighted by Crippen LogP contribution is 2.30. The Morgan fingerprint density at radius 2 is 1.71 bits per heavy atom. The maximum atomic E-state index is 6.24. The first-order valence-electron chi connectivity index (χ1n) is 9.68. The van der Waals surface area contributed by atoms with Crippen molar-refractivity contribution in [1.82, 2.24) is 5.32 Å². The summed E-state index contributed by atoms with van der Waals surface area (Å²) in [4.78, 5) is 0. The number of unbranched alkanes of at least 4 members (excludes halogenated alkanes) is 3. The summed E-state index contributed by atoms with van der Waals surface area (Å²) in [7, 11) is 0. The van der Waals surface area contributed by atoms with Crippen molar-refractivity contribution in [1.29, 1.82) is 0 Å². The van der Waals surface area contributed by atoms with Crippen LogP contribution in [0.5, 0.6) is 0 Å². The molecule has 126 valence electrons. The van der Waals surface area contributed by atoms with Crippen molar-refractivity contribution in [2.75, 3.05) is 13.2 Å². The highest BCUT2D eigenvalue weighted by molar-refractivity contribution is 4.85. The largest absolute Gasteiger partial charge is 0.377 e. The molecule has 0 bridgehead atoms. The summed E-state index contributed by atoms with van der Waals surface area (Å²) < 4.78 is 6.24. The molecule has 2 unspecified atom stereocenters. The quantitative estimate of drug-likeness (QED) is 0.493. The molecule has 0 amide bonds. The standard InChI is InChI=1S/C19H39NO/c1-4-7-8-12-15-18(20-16-5-2)19(21-6-3)17-13-10-9-11-14-17/h17-20H,4-16H2,1-3H3. The molecule has 0 heterocycles. The lowest BCUT2D eigenvalue weighted by atomic mass is 9.81. The lowest BCUT2D eigenvalue weighted by Gasteiger charge is -2.36. The van der Waals surface area contributed by atoms with E-state index in [9.17, 15) is 0 Å². The van der Waals surface area contributed by atoms with Crippen LogP contribution in [-0.2, 0) is 4.74 Å². The molecular weight excluding hydrogens is 258 g/mol. The van der Waals surface area contributed by atoms with Gasteiger partial charge in [-0.05, 0) is 45.1 Å². The Morgan fingerprint density at radius 1 is 0.952 bits per heavy atom. The Balaban J connectivity index is 2.54. The van der Waals surface area contributed by atoms with Gasteiger partial charge in [-0.3, -0.25) is 0 Å². The third-order valence-electron chi connectivity index (χ3n) is 4.90. The van der Waals surface area contributed by atoms with Gasteiger partial charge in [-0.2, -0.15) is 0 Å². The summed E-state index contributed by atoms with van der Waals surface area (Å²) in [5.74, 6) is 0.791. The van der Waals surface area contributed by atoms with Gasteiger partial charge < -0.3 is 10.1 Å². The van der Waals surface area contributed by atoms with Gasteiger partial charge in [0, 0.05) is 12.6 Å². The summed E-state index contributed by atoms with van der Waals surface area (Å²) in [5, 5.41) is 3.80. The number of hydrogen-bond acceptors (Lipinski definition) is 2. The van der Waals surface area contributed by atoms with Gasteiger partial charge in [-0.15, -0.1) is 0 Å². The minimum atomic E-state index is 0.448. The predicted molar refractivity (Wildman–Crippen MR) is 92.8 cm³/mol. The Hall–Kier alpha value is -0.0800. The molecule has 0 aromatic heterocycles. The second kappa shape index (κ2) is 12.5. The molecule has 21 heavy (non-hydrogen) atoms. The van der Waals surface area contributed by atoms with Crippen LogP contribution in [0.2, 0.25) is 0 Å². The Bertz CT molecular complexity index is 226. The van der Waals surface area contributed by atoms with Crippen LogP contribution in [0.25, 0.3) is 0 Å². The van der Waals surface area contributed by atoms with Crippen molar-refractivity contribution in [3.05, 3.63) is 0 Å². The Labute approximate surface area is 133 Å². The molecule has 0 aromatic rings. The second-order valence-electron chi connectivity index (χ2n) is 6.73. The normalized spacial score (nSPS) is 19.6. The molecule has 1 rings (SSSR count). The fourth-order valence-corrected chi connectivity index (χ4v) is 3.74. The summed E-state index contributed by atoms with van der Waals surface area (Å²) in [5.41, 5.74) is 0. The van der Waals surface area contributed by atoms with E-state index in [2.05, 4.69) is 26.1 Å². The van der Waals surface area contributed by atoms with Gasteiger partial charge in [0.25, 0.3) is 0 Å². The van der Waals surface area contributed by atoms with Crippen LogP contribution in [0, 0.1) is 5.92 Å². The van der Waals surface area contributed by atoms with Gasteiger partial charge in [-0.25, -0.2) is 0 Å². The third-order valence-corrected chi connectivity index (χ3v) is 4.90. The Morgan fingerprint density at radius 3 is 2.33 bits per heavy atom. The van der Waals surface area contributed by atoms with E-state index in [-0.39, 0.29) is 0 Å². The maximum Gasteiger partial charge on any atom is 0.0755 e. The second-order valence-corrected chi connectivity index (χ2v) is 6.73. The van der Waals surface area contributed by atoms with Gasteiger partial charge in [0.2, 0.25) is 0 Å². The first kappa shape index (κ1) is 19.0. The zero-order chi connectivity index (χ0) is 15.3. The van der Waals surface area contributed by atoms with E-state index >= 15 is 0 Å². The molecule has 2 atom stereocenters. The van der Waals surface area contributed by atoms with E-state index in [1.807, 2.05) is 0 Å². The topological polar surface area (TPSA) is 21.3 Å². The van der Waals surface area contributed by atoms with Crippen molar-refractivity contribution in [2.24, 2.45) is 5.92 Å². The van der Waals surface area contributed by atoms with Crippen molar-refractivity contribution < 1.29 is 4.74 Å². The highest BCUT2D eigenvalue weighted by Gasteiger charge is 2.30. The van der Waals surface area contributed by atoms with Crippen molar-refractivity contribution in [2.45, 2.75) is 104 Å². The molecule has 0 spiro atoms. The fraction of sp³-hybridized carbons (Fsp3) is 1.00. The number of ether oxygens (including phenoxy) is 1. The monoisotopic (exact) mass is 297 g/mol. The van der Waals surface area contributed by atoms with Crippen molar-refractivity contribution in [3.8, 4) is 0 Å². The van der Waals surface area contributed by atoms with Crippen molar-refractivity contribution in [3.63, 3.8) is 0 Å². The molecular formula is C19H39NO. The smallest absolute Gasteiger partial charge is 0.0755 e. The van der Waals surface area contributed by atoms with E-state index in [0.717, 1.165) is 19.1 Å². The van der Waals surface area contributed by atoms with Crippen LogP contribution in [0.3, 0.4) is 0 Å². The molecule has 1 saturated carbocycles. The Kier molecular flexibility index (Phi) is 11.3. The lowest BCUT2D eigenvalue weighted by Crippen LogP contribution is -2.46. The zero-order valence-electron chi connectivity index (χ0n) is 14.8. The zero-order valence-corrected chi connectivity index (χ0v) is 14.8. The molecule has 1 aliphatic carbocycles. The number of rotatable bonds is 12. The maximum absolute atomic E-state index is 6.24. The fourth-order valence-electron chi connectivity index (χ4n) is 3.74. The highest BCUT2D eigenvalue weighted by atomic mass is 16.5. The van der Waals surface area contributed by atoms with E-state index in [1.165, 1.54) is 70.6 Å². The van der Waals surface area contributed by atoms with Crippen LogP contribution < -0.4 is 5.32 Å². The van der Waals surface area contributed by atoms with Crippen LogP contribution in [0.4, 0.5) is 0 Å². The minimum Gasteiger partial charge on any atom is -0.377 e. The third kappa shape index (κ3) is 7.65. The SMILES string of the molecule is CCCCCCC(NCCC)C(OCC)C1CCCCC1. The van der Waals surface area contributed by atoms with E-state index in [1.54, 1.807) is 0 Å². The van der Waals surface area contributed by atoms with Crippen LogP contribution in [-0.4, -0.2) is 25.3 Å². The van der Waals surface area contributed by atoms with Gasteiger partial charge in [0.15, 0.2) is 0 Å². The molecule has 0 aromatic carbocycles. The number of nitrogens with one attached hydrogen (secondary N) is 1. The van der Waals surface area contributed by atoms with E-state index in [0.29, 0.717) is 12.1 Å². The van der Waals surface area contributed by atoms with E-state index in [4.69, 9.17) is 4.74 Å². The van der Waals surface area contributed by atoms with Gasteiger partial charge >= 0.3 is 0 Å². The molecule has 0 aliphatic heterocycles. The molecule has 0 radical (unpaired) electrons. The lowest BCUT2D eigenvalue weighted by molar-refractivity contribution is -0.0198. The predicted octanol–water partition coefficient (Wildman–Crippen LogP) is 5.31.